The fourth-order valence-electron chi connectivity index (χ4n) is 2.70. The van der Waals surface area contributed by atoms with Crippen molar-refractivity contribution < 1.29 is 52.4 Å². The quantitative estimate of drug-likeness (QED) is 0.407. The van der Waals surface area contributed by atoms with Crippen LogP contribution in [0.15, 0.2) is 0 Å². The second-order valence-electron chi connectivity index (χ2n) is 6.04. The first-order chi connectivity index (χ1) is 13.0. The average molecular weight is 404 g/mol. The van der Waals surface area contributed by atoms with Gasteiger partial charge in [-0.3, -0.25) is 24.0 Å². The lowest BCUT2D eigenvalue weighted by atomic mass is 9.95. The molecule has 0 aromatic rings. The standard InChI is InChI=1S/C17H24O11/c1-8(18)23-6-13(25-9(2)19)15-17(28-12(5)22)16(27-11(4)21)14(7-24-15)26-10(3)20/h13-17H,6-7H2,1-5H3/t13-,14+,15-,16-,17-/m1/s1. The Morgan fingerprint density at radius 2 is 1.32 bits per heavy atom. The van der Waals surface area contributed by atoms with E-state index in [0.717, 1.165) is 34.6 Å². The molecule has 5 atom stereocenters. The molecule has 11 nitrogen and oxygen atoms in total. The molecule has 0 unspecified atom stereocenters. The van der Waals surface area contributed by atoms with Gasteiger partial charge in [-0.1, -0.05) is 0 Å². The van der Waals surface area contributed by atoms with Gasteiger partial charge in [0.05, 0.1) is 6.61 Å². The van der Waals surface area contributed by atoms with Gasteiger partial charge in [0.2, 0.25) is 0 Å². The van der Waals surface area contributed by atoms with Gasteiger partial charge in [-0.15, -0.1) is 0 Å². The van der Waals surface area contributed by atoms with Crippen molar-refractivity contribution >= 4 is 29.8 Å². The second kappa shape index (κ2) is 10.6. The second-order valence-corrected chi connectivity index (χ2v) is 6.04. The third-order valence-electron chi connectivity index (χ3n) is 3.52. The highest BCUT2D eigenvalue weighted by molar-refractivity contribution is 5.69. The smallest absolute Gasteiger partial charge is 0.303 e. The fourth-order valence-corrected chi connectivity index (χ4v) is 2.70. The van der Waals surface area contributed by atoms with Crippen molar-refractivity contribution in [2.45, 2.75) is 65.1 Å². The minimum Gasteiger partial charge on any atom is -0.462 e. The van der Waals surface area contributed by atoms with Crippen LogP contribution in [0.5, 0.6) is 0 Å². The van der Waals surface area contributed by atoms with Gasteiger partial charge in [0.25, 0.3) is 0 Å². The maximum atomic E-state index is 11.6. The molecule has 0 saturated carbocycles. The molecule has 0 N–H and O–H groups in total. The van der Waals surface area contributed by atoms with Crippen LogP contribution in [0, 0.1) is 0 Å². The van der Waals surface area contributed by atoms with Crippen LogP contribution >= 0.6 is 0 Å². The number of esters is 5. The van der Waals surface area contributed by atoms with Gasteiger partial charge in [0, 0.05) is 34.6 Å². The SMILES string of the molecule is CC(=O)OC[C@@H](OC(C)=O)[C@H]1OC[C@H](OC(C)=O)[C@@H](OC(C)=O)[C@@H]1OC(C)=O. The van der Waals surface area contributed by atoms with Crippen molar-refractivity contribution in [1.29, 1.82) is 0 Å². The van der Waals surface area contributed by atoms with E-state index in [1.54, 1.807) is 0 Å². The highest BCUT2D eigenvalue weighted by Gasteiger charge is 2.50. The highest BCUT2D eigenvalue weighted by atomic mass is 16.7. The minimum atomic E-state index is -1.29. The fraction of sp³-hybridized carbons (Fsp3) is 0.706. The zero-order valence-corrected chi connectivity index (χ0v) is 16.3. The third kappa shape index (κ3) is 7.51. The molecule has 1 rings (SSSR count). The number of carbonyl (C=O) groups is 5. The van der Waals surface area contributed by atoms with Gasteiger partial charge in [0.1, 0.15) is 12.7 Å². The number of rotatable bonds is 7. The van der Waals surface area contributed by atoms with E-state index in [1.165, 1.54) is 0 Å². The van der Waals surface area contributed by atoms with Crippen LogP contribution in [0.25, 0.3) is 0 Å². The predicted octanol–water partition coefficient (Wildman–Crippen LogP) is -0.325. The normalized spacial score (nSPS) is 25.0. The topological polar surface area (TPSA) is 141 Å². The van der Waals surface area contributed by atoms with E-state index in [4.69, 9.17) is 28.4 Å². The van der Waals surface area contributed by atoms with Gasteiger partial charge in [-0.05, 0) is 0 Å². The number of ether oxygens (including phenoxy) is 6. The summed E-state index contributed by atoms with van der Waals surface area (Å²) in [6, 6.07) is 0. The molecule has 1 aliphatic rings. The molecule has 0 bridgehead atoms. The molecule has 0 aromatic heterocycles. The summed E-state index contributed by atoms with van der Waals surface area (Å²) in [5, 5.41) is 0. The molecule has 0 aliphatic carbocycles. The lowest BCUT2D eigenvalue weighted by molar-refractivity contribution is -0.244. The molecule has 0 spiro atoms. The summed E-state index contributed by atoms with van der Waals surface area (Å²) in [5.74, 6) is -3.46. The lowest BCUT2D eigenvalue weighted by Crippen LogP contribution is -2.61. The summed E-state index contributed by atoms with van der Waals surface area (Å²) >= 11 is 0. The van der Waals surface area contributed by atoms with Gasteiger partial charge >= 0.3 is 29.8 Å². The molecule has 1 aliphatic heterocycles. The largest absolute Gasteiger partial charge is 0.462 e. The van der Waals surface area contributed by atoms with Crippen LogP contribution in [-0.4, -0.2) is 73.6 Å². The van der Waals surface area contributed by atoms with Crippen molar-refractivity contribution in [3.63, 3.8) is 0 Å². The first-order valence-electron chi connectivity index (χ1n) is 8.45. The maximum Gasteiger partial charge on any atom is 0.303 e. The molecule has 1 saturated heterocycles. The Morgan fingerprint density at radius 3 is 1.79 bits per heavy atom. The van der Waals surface area contributed by atoms with E-state index in [2.05, 4.69) is 0 Å². The van der Waals surface area contributed by atoms with Crippen molar-refractivity contribution in [3.8, 4) is 0 Å². The van der Waals surface area contributed by atoms with Gasteiger partial charge in [-0.2, -0.15) is 0 Å². The molecule has 1 heterocycles. The van der Waals surface area contributed by atoms with Crippen molar-refractivity contribution in [2.75, 3.05) is 13.2 Å². The minimum absolute atomic E-state index is 0.238. The summed E-state index contributed by atoms with van der Waals surface area (Å²) < 4.78 is 31.2. The van der Waals surface area contributed by atoms with E-state index in [1.807, 2.05) is 0 Å². The van der Waals surface area contributed by atoms with Crippen molar-refractivity contribution in [1.82, 2.24) is 0 Å². The number of hydrogen-bond donors (Lipinski definition) is 0. The first-order valence-corrected chi connectivity index (χ1v) is 8.45. The van der Waals surface area contributed by atoms with E-state index in [9.17, 15) is 24.0 Å². The predicted molar refractivity (Wildman–Crippen MR) is 88.6 cm³/mol. The molecule has 0 radical (unpaired) electrons. The van der Waals surface area contributed by atoms with E-state index < -0.39 is 60.4 Å². The van der Waals surface area contributed by atoms with Crippen LogP contribution in [0.4, 0.5) is 0 Å². The Bertz CT molecular complexity index is 614. The van der Waals surface area contributed by atoms with Gasteiger partial charge in [0.15, 0.2) is 24.4 Å². The molecule has 158 valence electrons. The van der Waals surface area contributed by atoms with Crippen LogP contribution in [0.1, 0.15) is 34.6 Å². The van der Waals surface area contributed by atoms with Crippen molar-refractivity contribution in [2.24, 2.45) is 0 Å². The first kappa shape index (κ1) is 23.3. The maximum absolute atomic E-state index is 11.6. The zero-order chi connectivity index (χ0) is 21.4. The van der Waals surface area contributed by atoms with E-state index in [0.29, 0.717) is 0 Å². The Morgan fingerprint density at radius 1 is 0.786 bits per heavy atom. The molecular weight excluding hydrogens is 380 g/mol. The van der Waals surface area contributed by atoms with E-state index >= 15 is 0 Å². The Balaban J connectivity index is 3.22. The number of hydrogen-bond acceptors (Lipinski definition) is 11. The molecule has 0 aromatic carbocycles. The average Bonchev–Trinajstić information content (AvgIpc) is 2.53. The third-order valence-corrected chi connectivity index (χ3v) is 3.52. The zero-order valence-electron chi connectivity index (χ0n) is 16.3. The number of carbonyl (C=O) groups excluding carboxylic acids is 5. The molecule has 1 fully saturated rings. The molecule has 28 heavy (non-hydrogen) atoms. The molecule has 11 heteroatoms. The Hall–Kier alpha value is -2.69. The summed E-state index contributed by atoms with van der Waals surface area (Å²) in [5.41, 5.74) is 0. The van der Waals surface area contributed by atoms with Crippen LogP contribution in [0.2, 0.25) is 0 Å². The molecular formula is C17H24O11. The summed E-state index contributed by atoms with van der Waals surface area (Å²) in [6.07, 6.45) is -5.89. The highest BCUT2D eigenvalue weighted by Crippen LogP contribution is 2.27. The Kier molecular flexibility index (Phi) is 8.83. The van der Waals surface area contributed by atoms with Crippen LogP contribution in [-0.2, 0) is 52.4 Å². The van der Waals surface area contributed by atoms with Gasteiger partial charge < -0.3 is 28.4 Å². The van der Waals surface area contributed by atoms with E-state index in [-0.39, 0.29) is 13.2 Å². The van der Waals surface area contributed by atoms with Gasteiger partial charge in [-0.25, -0.2) is 0 Å². The van der Waals surface area contributed by atoms with Crippen LogP contribution < -0.4 is 0 Å². The Labute approximate surface area is 161 Å². The lowest BCUT2D eigenvalue weighted by Gasteiger charge is -2.42. The van der Waals surface area contributed by atoms with Crippen molar-refractivity contribution in [3.05, 3.63) is 0 Å². The summed E-state index contributed by atoms with van der Waals surface area (Å²) in [6.45, 7) is 5.07. The summed E-state index contributed by atoms with van der Waals surface area (Å²) in [7, 11) is 0. The monoisotopic (exact) mass is 404 g/mol. The van der Waals surface area contributed by atoms with Crippen LogP contribution in [0.3, 0.4) is 0 Å². The molecule has 0 amide bonds. The summed E-state index contributed by atoms with van der Waals surface area (Å²) in [4.78, 5) is 57.1.